The van der Waals surface area contributed by atoms with Crippen LogP contribution in [0.4, 0.5) is 27.4 Å². The Kier molecular flexibility index (Phi) is 8.11. The minimum Gasteiger partial charge on any atom is -0.494 e. The monoisotopic (exact) mass is 553 g/mol. The average Bonchev–Trinajstić information content (AvgIpc) is 2.97. The van der Waals surface area contributed by atoms with E-state index < -0.39 is 0 Å². The quantitative estimate of drug-likeness (QED) is 0.203. The van der Waals surface area contributed by atoms with E-state index >= 15 is 0 Å². The number of nitrogens with two attached hydrogens (primary N) is 1. The Morgan fingerprint density at radius 1 is 0.927 bits per heavy atom. The molecule has 0 aliphatic carbocycles. The number of methoxy groups -OCH3 is 1. The van der Waals surface area contributed by atoms with Crippen LogP contribution in [-0.4, -0.2) is 61.2 Å². The van der Waals surface area contributed by atoms with E-state index in [1.165, 1.54) is 12.1 Å². The van der Waals surface area contributed by atoms with Crippen LogP contribution in [0.15, 0.2) is 79.0 Å². The van der Waals surface area contributed by atoms with Gasteiger partial charge in [0.05, 0.1) is 30.4 Å². The Morgan fingerprint density at radius 3 is 2.39 bits per heavy atom. The van der Waals surface area contributed by atoms with Crippen LogP contribution >= 0.6 is 0 Å². The van der Waals surface area contributed by atoms with Gasteiger partial charge in [0.1, 0.15) is 28.3 Å². The zero-order valence-electron chi connectivity index (χ0n) is 23.4. The van der Waals surface area contributed by atoms with Gasteiger partial charge in [0.2, 0.25) is 11.8 Å². The minimum atomic E-state index is -0.341. The first-order valence-electron chi connectivity index (χ1n) is 13.1. The van der Waals surface area contributed by atoms with Crippen molar-refractivity contribution in [2.24, 2.45) is 0 Å². The summed E-state index contributed by atoms with van der Waals surface area (Å²) in [5.41, 5.74) is 11.5. The van der Waals surface area contributed by atoms with Gasteiger partial charge >= 0.3 is 0 Å². The van der Waals surface area contributed by atoms with Crippen LogP contribution in [0, 0.1) is 5.82 Å². The molecule has 10 heteroatoms. The van der Waals surface area contributed by atoms with Gasteiger partial charge in [0, 0.05) is 37.8 Å². The summed E-state index contributed by atoms with van der Waals surface area (Å²) in [6.07, 6.45) is 1.63. The number of aromatic nitrogens is 3. The standard InChI is InChI=1S/C31H32FN7O2/c1-38(2)14-15-39(3)27-18-28(40-4)25(17-24(27)33)36-31-34-19-26-30(37-31)23(20-8-6-5-7-9-20)16-29(35-26)41-22-12-10-21(32)11-13-22/h5-13,16-19H,14-15,33H2,1-4H3,(H,34,36,37). The van der Waals surface area contributed by atoms with Crippen LogP contribution < -0.4 is 25.4 Å². The predicted octanol–water partition coefficient (Wildman–Crippen LogP) is 5.96. The van der Waals surface area contributed by atoms with Gasteiger partial charge in [-0.15, -0.1) is 0 Å². The van der Waals surface area contributed by atoms with Crippen molar-refractivity contribution in [1.82, 2.24) is 19.9 Å². The Morgan fingerprint density at radius 2 is 1.68 bits per heavy atom. The second kappa shape index (κ2) is 12.1. The maximum absolute atomic E-state index is 13.4. The molecule has 0 bridgehead atoms. The van der Waals surface area contributed by atoms with E-state index in [9.17, 15) is 4.39 Å². The lowest BCUT2D eigenvalue weighted by molar-refractivity contribution is 0.413. The number of halogens is 1. The van der Waals surface area contributed by atoms with Crippen molar-refractivity contribution in [3.05, 3.63) is 84.8 Å². The summed E-state index contributed by atoms with van der Waals surface area (Å²) in [6, 6.07) is 21.2. The fraction of sp³-hybridized carbons (Fsp3) is 0.194. The number of nitrogen functional groups attached to an aromatic ring is 1. The molecule has 5 aromatic rings. The molecule has 0 unspecified atom stereocenters. The third-order valence-electron chi connectivity index (χ3n) is 6.53. The number of nitrogens with zero attached hydrogens (tertiary/aromatic N) is 5. The number of hydrogen-bond acceptors (Lipinski definition) is 9. The Labute approximate surface area is 238 Å². The normalized spacial score (nSPS) is 11.1. The summed E-state index contributed by atoms with van der Waals surface area (Å²) >= 11 is 0. The summed E-state index contributed by atoms with van der Waals surface area (Å²) in [6.45, 7) is 1.70. The third-order valence-corrected chi connectivity index (χ3v) is 6.53. The van der Waals surface area contributed by atoms with Gasteiger partial charge < -0.3 is 30.3 Å². The van der Waals surface area contributed by atoms with Crippen molar-refractivity contribution in [3.63, 3.8) is 0 Å². The zero-order valence-corrected chi connectivity index (χ0v) is 23.4. The second-order valence-corrected chi connectivity index (χ2v) is 9.82. The number of benzene rings is 3. The number of rotatable bonds is 10. The van der Waals surface area contributed by atoms with E-state index in [2.05, 4.69) is 25.1 Å². The van der Waals surface area contributed by atoms with E-state index in [0.29, 0.717) is 45.7 Å². The van der Waals surface area contributed by atoms with Crippen molar-refractivity contribution in [2.75, 3.05) is 57.3 Å². The third kappa shape index (κ3) is 6.44. The van der Waals surface area contributed by atoms with Crippen molar-refractivity contribution in [1.29, 1.82) is 0 Å². The fourth-order valence-corrected chi connectivity index (χ4v) is 4.35. The Hall–Kier alpha value is -4.96. The van der Waals surface area contributed by atoms with Crippen LogP contribution in [0.3, 0.4) is 0 Å². The van der Waals surface area contributed by atoms with Gasteiger partial charge in [-0.1, -0.05) is 30.3 Å². The maximum Gasteiger partial charge on any atom is 0.227 e. The van der Waals surface area contributed by atoms with Crippen LogP contribution in [0.1, 0.15) is 0 Å². The SMILES string of the molecule is COc1cc(N(C)CCN(C)C)c(N)cc1Nc1ncc2nc(Oc3ccc(F)cc3)cc(-c3ccccc3)c2n1. The molecule has 0 spiro atoms. The van der Waals surface area contributed by atoms with E-state index in [1.54, 1.807) is 25.4 Å². The molecule has 41 heavy (non-hydrogen) atoms. The summed E-state index contributed by atoms with van der Waals surface area (Å²) < 4.78 is 25.0. The number of hydrogen-bond donors (Lipinski definition) is 2. The topological polar surface area (TPSA) is 102 Å². The molecule has 0 aliphatic rings. The van der Waals surface area contributed by atoms with Crippen molar-refractivity contribution in [2.45, 2.75) is 0 Å². The summed E-state index contributed by atoms with van der Waals surface area (Å²) in [7, 11) is 7.68. The molecule has 0 saturated carbocycles. The highest BCUT2D eigenvalue weighted by Crippen LogP contribution is 2.37. The van der Waals surface area contributed by atoms with Crippen LogP contribution in [0.5, 0.6) is 17.4 Å². The van der Waals surface area contributed by atoms with Crippen molar-refractivity contribution < 1.29 is 13.9 Å². The molecule has 0 saturated heterocycles. The molecular formula is C31H32FN7O2. The highest BCUT2D eigenvalue weighted by atomic mass is 19.1. The number of ether oxygens (including phenoxy) is 2. The van der Waals surface area contributed by atoms with Gasteiger partial charge in [-0.05, 0) is 50.0 Å². The lowest BCUT2D eigenvalue weighted by Gasteiger charge is -2.24. The van der Waals surface area contributed by atoms with E-state index in [0.717, 1.165) is 29.9 Å². The fourth-order valence-electron chi connectivity index (χ4n) is 4.35. The number of anilines is 4. The first-order valence-corrected chi connectivity index (χ1v) is 13.1. The minimum absolute atomic E-state index is 0.341. The summed E-state index contributed by atoms with van der Waals surface area (Å²) in [5, 5.41) is 3.26. The van der Waals surface area contributed by atoms with Gasteiger partial charge in [-0.2, -0.15) is 0 Å². The molecule has 2 heterocycles. The lowest BCUT2D eigenvalue weighted by atomic mass is 10.1. The van der Waals surface area contributed by atoms with Gasteiger partial charge in [-0.25, -0.2) is 19.3 Å². The van der Waals surface area contributed by atoms with Gasteiger partial charge in [0.15, 0.2) is 0 Å². The van der Waals surface area contributed by atoms with Crippen molar-refractivity contribution >= 4 is 34.0 Å². The Bertz CT molecular complexity index is 1650. The van der Waals surface area contributed by atoms with Crippen LogP contribution in [0.2, 0.25) is 0 Å². The highest BCUT2D eigenvalue weighted by molar-refractivity contribution is 5.92. The molecule has 0 amide bonds. The summed E-state index contributed by atoms with van der Waals surface area (Å²) in [5.74, 6) is 1.44. The van der Waals surface area contributed by atoms with Gasteiger partial charge in [-0.3, -0.25) is 0 Å². The molecule has 9 nitrogen and oxygen atoms in total. The number of fused-ring (bicyclic) bond motifs is 1. The van der Waals surface area contributed by atoms with E-state index in [1.807, 2.05) is 69.7 Å². The predicted molar refractivity (Wildman–Crippen MR) is 162 cm³/mol. The highest BCUT2D eigenvalue weighted by Gasteiger charge is 2.16. The molecule has 3 N–H and O–H groups in total. The molecule has 5 rings (SSSR count). The smallest absolute Gasteiger partial charge is 0.227 e. The maximum atomic E-state index is 13.4. The largest absolute Gasteiger partial charge is 0.494 e. The lowest BCUT2D eigenvalue weighted by Crippen LogP contribution is -2.29. The molecule has 0 atom stereocenters. The molecule has 0 fully saturated rings. The summed E-state index contributed by atoms with van der Waals surface area (Å²) in [4.78, 5) is 18.1. The zero-order chi connectivity index (χ0) is 28.9. The first kappa shape index (κ1) is 27.6. The first-order chi connectivity index (χ1) is 19.8. The number of nitrogens with one attached hydrogen (secondary N) is 1. The van der Waals surface area contributed by atoms with E-state index in [4.69, 9.17) is 20.2 Å². The van der Waals surface area contributed by atoms with Crippen LogP contribution in [0.25, 0.3) is 22.2 Å². The molecule has 0 radical (unpaired) electrons. The molecule has 3 aromatic carbocycles. The average molecular weight is 554 g/mol. The number of likely N-dealkylation sites (N-methyl/N-ethyl adjacent to an activating group) is 2. The molecule has 0 aliphatic heterocycles. The Balaban J connectivity index is 1.50. The number of pyridine rings is 1. The van der Waals surface area contributed by atoms with Gasteiger partial charge in [0.25, 0.3) is 0 Å². The van der Waals surface area contributed by atoms with E-state index in [-0.39, 0.29) is 5.82 Å². The molecule has 2 aromatic heterocycles. The molecular weight excluding hydrogens is 521 g/mol. The van der Waals surface area contributed by atoms with Crippen molar-refractivity contribution in [3.8, 4) is 28.5 Å². The van der Waals surface area contributed by atoms with Crippen LogP contribution in [-0.2, 0) is 0 Å². The second-order valence-electron chi connectivity index (χ2n) is 9.82. The molecule has 210 valence electrons.